The number of nitrogens with zero attached hydrogens (tertiary/aromatic N) is 3. The summed E-state index contributed by atoms with van der Waals surface area (Å²) >= 11 is 0. The predicted octanol–water partition coefficient (Wildman–Crippen LogP) is 2.86. The minimum absolute atomic E-state index is 0.300. The maximum atomic E-state index is 13.0. The molecule has 0 amide bonds. The van der Waals surface area contributed by atoms with Crippen LogP contribution < -0.4 is 5.32 Å². The van der Waals surface area contributed by atoms with Gasteiger partial charge in [0.1, 0.15) is 5.82 Å². The normalized spacial score (nSPS) is 17.2. The molecule has 18 heavy (non-hydrogen) atoms. The fraction of sp³-hybridized carbons (Fsp3) is 0.538. The summed E-state index contributed by atoms with van der Waals surface area (Å²) < 4.78 is 14.5. The van der Waals surface area contributed by atoms with Crippen LogP contribution in [0.15, 0.2) is 18.3 Å². The molecule has 1 N–H and O–H groups in total. The number of hydrogen-bond acceptors (Lipinski definition) is 3. The Labute approximate surface area is 105 Å². The molecule has 0 spiro atoms. The number of anilines is 1. The summed E-state index contributed by atoms with van der Waals surface area (Å²) in [5.74, 6) is 1.01. The Bertz CT molecular complexity index is 531. The Morgan fingerprint density at radius 1 is 1.28 bits per heavy atom. The van der Waals surface area contributed by atoms with Crippen LogP contribution in [0.3, 0.4) is 0 Å². The van der Waals surface area contributed by atoms with Gasteiger partial charge in [-0.2, -0.15) is 4.98 Å². The van der Waals surface area contributed by atoms with E-state index in [4.69, 9.17) is 0 Å². The lowest BCUT2D eigenvalue weighted by Gasteiger charge is -2.21. The number of rotatable bonds is 3. The van der Waals surface area contributed by atoms with Crippen molar-refractivity contribution in [3.05, 3.63) is 24.1 Å². The molecule has 1 aliphatic carbocycles. The Balaban J connectivity index is 1.67. The van der Waals surface area contributed by atoms with E-state index in [0.29, 0.717) is 11.6 Å². The molecule has 0 unspecified atom stereocenters. The van der Waals surface area contributed by atoms with E-state index in [9.17, 15) is 4.39 Å². The fourth-order valence-corrected chi connectivity index (χ4v) is 2.56. The van der Waals surface area contributed by atoms with Crippen molar-refractivity contribution in [2.24, 2.45) is 5.92 Å². The van der Waals surface area contributed by atoms with E-state index >= 15 is 0 Å². The van der Waals surface area contributed by atoms with Gasteiger partial charge >= 0.3 is 0 Å². The number of nitrogens with one attached hydrogen (secondary N) is 1. The lowest BCUT2D eigenvalue weighted by Crippen LogP contribution is -2.17. The molecule has 4 nitrogen and oxygen atoms in total. The summed E-state index contributed by atoms with van der Waals surface area (Å²) in [6.45, 7) is 0.916. The maximum Gasteiger partial charge on any atom is 0.243 e. The molecule has 2 aromatic heterocycles. The molecule has 0 aromatic carbocycles. The molecule has 96 valence electrons. The Hall–Kier alpha value is -1.65. The summed E-state index contributed by atoms with van der Waals surface area (Å²) in [5, 5.41) is 7.47. The molecule has 0 atom stereocenters. The van der Waals surface area contributed by atoms with E-state index in [2.05, 4.69) is 15.4 Å². The first-order chi connectivity index (χ1) is 8.81. The first-order valence-corrected chi connectivity index (χ1v) is 6.57. The van der Waals surface area contributed by atoms with Crippen LogP contribution in [0, 0.1) is 11.7 Å². The first kappa shape index (κ1) is 11.4. The van der Waals surface area contributed by atoms with Crippen molar-refractivity contribution in [1.29, 1.82) is 0 Å². The SMILES string of the molecule is Fc1ccc2nc(NCC3CCCCC3)nn2c1. The van der Waals surface area contributed by atoms with Crippen LogP contribution in [-0.4, -0.2) is 21.1 Å². The molecule has 0 saturated heterocycles. The second kappa shape index (κ2) is 4.92. The average Bonchev–Trinajstić information content (AvgIpc) is 2.79. The van der Waals surface area contributed by atoms with Gasteiger partial charge in [-0.1, -0.05) is 19.3 Å². The first-order valence-electron chi connectivity index (χ1n) is 6.57. The van der Waals surface area contributed by atoms with Crippen molar-refractivity contribution >= 4 is 11.6 Å². The van der Waals surface area contributed by atoms with Gasteiger partial charge in [0.25, 0.3) is 0 Å². The lowest BCUT2D eigenvalue weighted by atomic mass is 9.89. The zero-order chi connectivity index (χ0) is 12.4. The molecule has 3 rings (SSSR count). The Kier molecular flexibility index (Phi) is 3.13. The van der Waals surface area contributed by atoms with Crippen LogP contribution in [0.25, 0.3) is 5.65 Å². The lowest BCUT2D eigenvalue weighted by molar-refractivity contribution is 0.373. The number of halogens is 1. The van der Waals surface area contributed by atoms with E-state index in [0.717, 1.165) is 12.5 Å². The summed E-state index contributed by atoms with van der Waals surface area (Å²) in [6.07, 6.45) is 7.94. The topological polar surface area (TPSA) is 42.2 Å². The van der Waals surface area contributed by atoms with Crippen LogP contribution in [0.1, 0.15) is 32.1 Å². The zero-order valence-electron chi connectivity index (χ0n) is 10.3. The van der Waals surface area contributed by atoms with E-state index in [-0.39, 0.29) is 5.82 Å². The van der Waals surface area contributed by atoms with Crippen LogP contribution in [0.4, 0.5) is 10.3 Å². The molecule has 1 saturated carbocycles. The molecular weight excluding hydrogens is 231 g/mol. The van der Waals surface area contributed by atoms with Crippen LogP contribution in [-0.2, 0) is 0 Å². The number of aromatic nitrogens is 3. The van der Waals surface area contributed by atoms with E-state index in [1.54, 1.807) is 6.07 Å². The third-order valence-electron chi connectivity index (χ3n) is 3.57. The van der Waals surface area contributed by atoms with Gasteiger partial charge in [-0.25, -0.2) is 8.91 Å². The van der Waals surface area contributed by atoms with Crippen LogP contribution in [0.5, 0.6) is 0 Å². The van der Waals surface area contributed by atoms with Crippen LogP contribution >= 0.6 is 0 Å². The number of fused-ring (bicyclic) bond motifs is 1. The van der Waals surface area contributed by atoms with Crippen molar-refractivity contribution in [3.8, 4) is 0 Å². The highest BCUT2D eigenvalue weighted by Crippen LogP contribution is 2.23. The number of pyridine rings is 1. The largest absolute Gasteiger partial charge is 0.353 e. The molecule has 1 aliphatic rings. The molecule has 0 radical (unpaired) electrons. The highest BCUT2D eigenvalue weighted by atomic mass is 19.1. The van der Waals surface area contributed by atoms with Crippen LogP contribution in [0.2, 0.25) is 0 Å². The predicted molar refractivity (Wildman–Crippen MR) is 68.0 cm³/mol. The monoisotopic (exact) mass is 248 g/mol. The van der Waals surface area contributed by atoms with Gasteiger partial charge < -0.3 is 5.32 Å². The van der Waals surface area contributed by atoms with Crippen molar-refractivity contribution in [3.63, 3.8) is 0 Å². The maximum absolute atomic E-state index is 13.0. The van der Waals surface area contributed by atoms with Gasteiger partial charge in [0, 0.05) is 6.54 Å². The van der Waals surface area contributed by atoms with E-state index in [1.807, 2.05) is 0 Å². The molecule has 0 aliphatic heterocycles. The average molecular weight is 248 g/mol. The van der Waals surface area contributed by atoms with Crippen molar-refractivity contribution in [2.45, 2.75) is 32.1 Å². The van der Waals surface area contributed by atoms with Gasteiger partial charge in [0.2, 0.25) is 5.95 Å². The zero-order valence-corrected chi connectivity index (χ0v) is 10.3. The molecule has 5 heteroatoms. The second-order valence-corrected chi connectivity index (χ2v) is 4.97. The molecule has 1 fully saturated rings. The van der Waals surface area contributed by atoms with Crippen molar-refractivity contribution < 1.29 is 4.39 Å². The quantitative estimate of drug-likeness (QED) is 0.908. The van der Waals surface area contributed by atoms with Crippen molar-refractivity contribution in [1.82, 2.24) is 14.6 Å². The second-order valence-electron chi connectivity index (χ2n) is 4.97. The van der Waals surface area contributed by atoms with E-state index < -0.39 is 0 Å². The highest BCUT2D eigenvalue weighted by Gasteiger charge is 2.13. The summed E-state index contributed by atoms with van der Waals surface area (Å²) in [5.41, 5.74) is 0.669. The van der Waals surface area contributed by atoms with Crippen molar-refractivity contribution in [2.75, 3.05) is 11.9 Å². The fourth-order valence-electron chi connectivity index (χ4n) is 2.56. The standard InChI is InChI=1S/C13H17FN4/c14-11-6-7-12-16-13(17-18(12)9-11)15-8-10-4-2-1-3-5-10/h6-7,9-10H,1-5,8H2,(H,15,17). The molecule has 2 heterocycles. The van der Waals surface area contributed by atoms with Gasteiger partial charge in [0.15, 0.2) is 5.65 Å². The summed E-state index contributed by atoms with van der Waals surface area (Å²) in [6, 6.07) is 3.03. The van der Waals surface area contributed by atoms with Gasteiger partial charge in [0.05, 0.1) is 6.20 Å². The third kappa shape index (κ3) is 2.44. The third-order valence-corrected chi connectivity index (χ3v) is 3.57. The van der Waals surface area contributed by atoms with E-state index in [1.165, 1.54) is 48.9 Å². The Morgan fingerprint density at radius 2 is 2.11 bits per heavy atom. The molecular formula is C13H17FN4. The minimum atomic E-state index is -0.300. The Morgan fingerprint density at radius 3 is 2.94 bits per heavy atom. The highest BCUT2D eigenvalue weighted by molar-refractivity contribution is 5.43. The van der Waals surface area contributed by atoms with Gasteiger partial charge in [-0.3, -0.25) is 0 Å². The smallest absolute Gasteiger partial charge is 0.243 e. The number of hydrogen-bond donors (Lipinski definition) is 1. The molecule has 0 bridgehead atoms. The minimum Gasteiger partial charge on any atom is -0.353 e. The summed E-state index contributed by atoms with van der Waals surface area (Å²) in [7, 11) is 0. The summed E-state index contributed by atoms with van der Waals surface area (Å²) in [4.78, 5) is 4.31. The van der Waals surface area contributed by atoms with Gasteiger partial charge in [-0.05, 0) is 30.9 Å². The van der Waals surface area contributed by atoms with Gasteiger partial charge in [-0.15, -0.1) is 5.10 Å². The molecule has 2 aromatic rings.